The summed E-state index contributed by atoms with van der Waals surface area (Å²) >= 11 is 3.15. The van der Waals surface area contributed by atoms with Crippen LogP contribution in [0.5, 0.6) is 0 Å². The molecule has 0 unspecified atom stereocenters. The smallest absolute Gasteiger partial charge is 0.457 e. The molecule has 1 heterocycles. The summed E-state index contributed by atoms with van der Waals surface area (Å²) in [5, 5.41) is 0. The van der Waals surface area contributed by atoms with E-state index in [0.29, 0.717) is 15.1 Å². The number of ether oxygens (including phenoxy) is 1. The number of aromatic nitrogens is 1. The lowest BCUT2D eigenvalue weighted by atomic mass is 10.1. The SMILES string of the molecule is O=C(OCc1ccccc1)c1ccc(N(Cc2ccc(Br)nc2)C(=O)C(F)(F)F)cc1. The maximum atomic E-state index is 13.1. The summed E-state index contributed by atoms with van der Waals surface area (Å²) in [5.41, 5.74) is 1.36. The zero-order valence-electron chi connectivity index (χ0n) is 16.0. The van der Waals surface area contributed by atoms with Gasteiger partial charge in [-0.3, -0.25) is 4.79 Å². The van der Waals surface area contributed by atoms with Gasteiger partial charge in [0.15, 0.2) is 0 Å². The zero-order valence-corrected chi connectivity index (χ0v) is 17.6. The Morgan fingerprint density at radius 1 is 0.935 bits per heavy atom. The molecule has 2 aromatic carbocycles. The maximum Gasteiger partial charge on any atom is 0.471 e. The number of rotatable bonds is 6. The first kappa shape index (κ1) is 22.5. The number of carbonyl (C=O) groups is 2. The van der Waals surface area contributed by atoms with Crippen LogP contribution in [0.4, 0.5) is 18.9 Å². The number of pyridine rings is 1. The van der Waals surface area contributed by atoms with Gasteiger partial charge in [0, 0.05) is 11.9 Å². The molecule has 9 heteroatoms. The van der Waals surface area contributed by atoms with Crippen molar-refractivity contribution in [2.45, 2.75) is 19.3 Å². The summed E-state index contributed by atoms with van der Waals surface area (Å²) in [4.78, 5) is 28.8. The Balaban J connectivity index is 1.77. The van der Waals surface area contributed by atoms with Gasteiger partial charge in [-0.25, -0.2) is 9.78 Å². The summed E-state index contributed by atoms with van der Waals surface area (Å²) in [6.45, 7) is -0.271. The second kappa shape index (κ2) is 9.74. The van der Waals surface area contributed by atoms with Gasteiger partial charge in [-0.05, 0) is 57.4 Å². The molecule has 0 N–H and O–H groups in total. The Morgan fingerprint density at radius 3 is 2.19 bits per heavy atom. The van der Waals surface area contributed by atoms with Crippen LogP contribution in [0, 0.1) is 0 Å². The lowest BCUT2D eigenvalue weighted by Crippen LogP contribution is -2.40. The zero-order chi connectivity index (χ0) is 22.4. The van der Waals surface area contributed by atoms with E-state index in [1.807, 2.05) is 18.2 Å². The molecule has 1 aromatic heterocycles. The molecule has 3 aromatic rings. The van der Waals surface area contributed by atoms with Crippen molar-refractivity contribution in [2.75, 3.05) is 4.90 Å². The minimum Gasteiger partial charge on any atom is -0.457 e. The van der Waals surface area contributed by atoms with E-state index in [9.17, 15) is 22.8 Å². The van der Waals surface area contributed by atoms with Crippen LogP contribution in [-0.2, 0) is 22.7 Å². The van der Waals surface area contributed by atoms with Crippen LogP contribution in [0.1, 0.15) is 21.5 Å². The summed E-state index contributed by atoms with van der Waals surface area (Å²) in [7, 11) is 0. The first-order chi connectivity index (χ1) is 14.7. The van der Waals surface area contributed by atoms with Crippen molar-refractivity contribution in [3.05, 3.63) is 94.2 Å². The fraction of sp³-hybridized carbons (Fsp3) is 0.136. The first-order valence-corrected chi connectivity index (χ1v) is 9.83. The van der Waals surface area contributed by atoms with Crippen molar-refractivity contribution in [1.29, 1.82) is 0 Å². The van der Waals surface area contributed by atoms with Crippen molar-refractivity contribution in [1.82, 2.24) is 4.98 Å². The topological polar surface area (TPSA) is 59.5 Å². The minimum absolute atomic E-state index is 0.00940. The second-order valence-corrected chi connectivity index (χ2v) is 7.30. The van der Waals surface area contributed by atoms with E-state index < -0.39 is 18.1 Å². The van der Waals surface area contributed by atoms with Crippen molar-refractivity contribution < 1.29 is 27.5 Å². The molecule has 5 nitrogen and oxygen atoms in total. The third-order valence-electron chi connectivity index (χ3n) is 4.24. The van der Waals surface area contributed by atoms with Crippen molar-refractivity contribution >= 4 is 33.5 Å². The second-order valence-electron chi connectivity index (χ2n) is 6.49. The van der Waals surface area contributed by atoms with Crippen molar-refractivity contribution in [3.8, 4) is 0 Å². The number of carbonyl (C=O) groups excluding carboxylic acids is 2. The predicted octanol–water partition coefficient (Wildman–Crippen LogP) is 5.30. The number of anilines is 1. The predicted molar refractivity (Wildman–Crippen MR) is 111 cm³/mol. The largest absolute Gasteiger partial charge is 0.471 e. The summed E-state index contributed by atoms with van der Waals surface area (Å²) in [5.74, 6) is -2.64. The quantitative estimate of drug-likeness (QED) is 0.346. The van der Waals surface area contributed by atoms with Crippen LogP contribution in [0.15, 0.2) is 77.5 Å². The Kier molecular flexibility index (Phi) is 7.06. The van der Waals surface area contributed by atoms with Gasteiger partial charge in [0.05, 0.1) is 12.1 Å². The Bertz CT molecular complexity index is 1040. The summed E-state index contributed by atoms with van der Waals surface area (Å²) in [6, 6.07) is 17.4. The summed E-state index contributed by atoms with van der Waals surface area (Å²) in [6.07, 6.45) is -3.69. The first-order valence-electron chi connectivity index (χ1n) is 9.04. The van der Waals surface area contributed by atoms with E-state index in [1.165, 1.54) is 30.5 Å². The van der Waals surface area contributed by atoms with Gasteiger partial charge >= 0.3 is 18.1 Å². The molecule has 0 fully saturated rings. The average Bonchev–Trinajstić information content (AvgIpc) is 2.77. The van der Waals surface area contributed by atoms with E-state index in [-0.39, 0.29) is 24.4 Å². The van der Waals surface area contributed by atoms with Crippen LogP contribution in [0.25, 0.3) is 0 Å². The Hall–Kier alpha value is -3.20. The van der Waals surface area contributed by atoms with Gasteiger partial charge in [0.25, 0.3) is 0 Å². The normalized spacial score (nSPS) is 11.1. The van der Waals surface area contributed by atoms with E-state index in [1.54, 1.807) is 24.3 Å². The molecule has 3 rings (SSSR count). The molecule has 31 heavy (non-hydrogen) atoms. The monoisotopic (exact) mass is 492 g/mol. The minimum atomic E-state index is -5.06. The van der Waals surface area contributed by atoms with Gasteiger partial charge in [0.1, 0.15) is 11.2 Å². The van der Waals surface area contributed by atoms with Gasteiger partial charge < -0.3 is 9.64 Å². The molecule has 0 aliphatic rings. The summed E-state index contributed by atoms with van der Waals surface area (Å²) < 4.78 is 45.1. The molecule has 1 amide bonds. The average molecular weight is 493 g/mol. The molecular formula is C22H16BrF3N2O3. The highest BCUT2D eigenvalue weighted by atomic mass is 79.9. The van der Waals surface area contributed by atoms with E-state index in [2.05, 4.69) is 20.9 Å². The molecule has 0 radical (unpaired) electrons. The highest BCUT2D eigenvalue weighted by molar-refractivity contribution is 9.10. The van der Waals surface area contributed by atoms with Crippen molar-refractivity contribution in [3.63, 3.8) is 0 Å². The maximum absolute atomic E-state index is 13.1. The Morgan fingerprint density at radius 2 is 1.61 bits per heavy atom. The van der Waals surface area contributed by atoms with E-state index in [0.717, 1.165) is 5.56 Å². The lowest BCUT2D eigenvalue weighted by Gasteiger charge is -2.24. The van der Waals surface area contributed by atoms with Crippen molar-refractivity contribution in [2.24, 2.45) is 0 Å². The number of hydrogen-bond acceptors (Lipinski definition) is 4. The van der Waals surface area contributed by atoms with Crippen LogP contribution < -0.4 is 4.90 Å². The number of esters is 1. The van der Waals surface area contributed by atoms with Gasteiger partial charge in [-0.15, -0.1) is 0 Å². The molecule has 0 saturated heterocycles. The third kappa shape index (κ3) is 6.14. The third-order valence-corrected chi connectivity index (χ3v) is 4.71. The van der Waals surface area contributed by atoms with Gasteiger partial charge in [-0.2, -0.15) is 13.2 Å². The number of alkyl halides is 3. The molecule has 0 aliphatic heterocycles. The molecule has 0 atom stereocenters. The van der Waals surface area contributed by atoms with Crippen LogP contribution >= 0.6 is 15.9 Å². The highest BCUT2D eigenvalue weighted by Crippen LogP contribution is 2.26. The molecule has 160 valence electrons. The van der Waals surface area contributed by atoms with Crippen LogP contribution in [0.3, 0.4) is 0 Å². The fourth-order valence-electron chi connectivity index (χ4n) is 2.70. The lowest BCUT2D eigenvalue weighted by molar-refractivity contribution is -0.170. The van der Waals surface area contributed by atoms with Gasteiger partial charge in [-0.1, -0.05) is 36.4 Å². The number of benzene rings is 2. The number of amides is 1. The molecule has 0 saturated carbocycles. The standard InChI is InChI=1S/C22H16BrF3N2O3/c23-19-11-6-16(12-27-19)13-28(21(30)22(24,25)26)18-9-7-17(8-10-18)20(29)31-14-15-4-2-1-3-5-15/h1-12H,13-14H2. The highest BCUT2D eigenvalue weighted by Gasteiger charge is 2.43. The Labute approximate surface area is 184 Å². The number of hydrogen-bond donors (Lipinski definition) is 0. The van der Waals surface area contributed by atoms with Gasteiger partial charge in [0.2, 0.25) is 0 Å². The van der Waals surface area contributed by atoms with E-state index in [4.69, 9.17) is 4.74 Å². The van der Waals surface area contributed by atoms with E-state index >= 15 is 0 Å². The fourth-order valence-corrected chi connectivity index (χ4v) is 2.93. The number of nitrogens with zero attached hydrogens (tertiary/aromatic N) is 2. The molecule has 0 spiro atoms. The molecular weight excluding hydrogens is 477 g/mol. The molecule has 0 aliphatic carbocycles. The molecule has 0 bridgehead atoms. The van der Waals surface area contributed by atoms with Crippen LogP contribution in [0.2, 0.25) is 0 Å². The number of halogens is 4. The van der Waals surface area contributed by atoms with Crippen LogP contribution in [-0.4, -0.2) is 23.0 Å².